The minimum atomic E-state index is 0.0267. The molecule has 0 saturated heterocycles. The van der Waals surface area contributed by atoms with Gasteiger partial charge in [-0.2, -0.15) is 0 Å². The van der Waals surface area contributed by atoms with Gasteiger partial charge < -0.3 is 15.1 Å². The van der Waals surface area contributed by atoms with Crippen molar-refractivity contribution < 1.29 is 5.11 Å². The van der Waals surface area contributed by atoms with E-state index in [0.717, 1.165) is 106 Å². The normalized spacial score (nSPS) is 12.0. The predicted molar refractivity (Wildman–Crippen MR) is 246 cm³/mol. The fourth-order valence-electron chi connectivity index (χ4n) is 8.21. The Morgan fingerprint density at radius 2 is 0.627 bits per heavy atom. The van der Waals surface area contributed by atoms with Gasteiger partial charge in [0.05, 0.1) is 29.4 Å². The molecule has 5 nitrogen and oxygen atoms in total. The van der Waals surface area contributed by atoms with E-state index in [1.165, 1.54) is 16.7 Å². The topological polar surface area (TPSA) is 77.6 Å². The Labute approximate surface area is 343 Å². The van der Waals surface area contributed by atoms with Gasteiger partial charge in [0.25, 0.3) is 0 Å². The fourth-order valence-corrected chi connectivity index (χ4v) is 8.21. The number of hydrogen-bond donors (Lipinski definition) is 3. The molecule has 0 amide bonds. The maximum absolute atomic E-state index is 9.60. The van der Waals surface area contributed by atoms with Crippen LogP contribution in [0, 0.1) is 20.8 Å². The average molecular weight is 763 g/mol. The third kappa shape index (κ3) is 6.82. The average Bonchev–Trinajstić information content (AvgIpc) is 4.11. The summed E-state index contributed by atoms with van der Waals surface area (Å²) < 4.78 is 0. The van der Waals surface area contributed by atoms with Crippen LogP contribution in [0.2, 0.25) is 0 Å². The molecule has 0 unspecified atom stereocenters. The van der Waals surface area contributed by atoms with Gasteiger partial charge in [-0.3, -0.25) is 0 Å². The SMILES string of the molecule is Cc1ccc(-c2c3nc(c(-c4ccc(C)cc4)c4ccc([nH]4)c(-c4ccc(-c5ccc(CO)cc5)cc4)c4ccc([nH]4)c(-c4ccc(C)cc4)c4nc2C=C4)C=C3)cc1. The zero-order chi connectivity index (χ0) is 40.0. The Balaban J connectivity index is 1.31. The van der Waals surface area contributed by atoms with Crippen molar-refractivity contribution in [2.45, 2.75) is 27.4 Å². The van der Waals surface area contributed by atoms with Gasteiger partial charge in [0.15, 0.2) is 0 Å². The summed E-state index contributed by atoms with van der Waals surface area (Å²) >= 11 is 0. The maximum Gasteiger partial charge on any atom is 0.0738 e. The Morgan fingerprint density at radius 3 is 1.02 bits per heavy atom. The minimum absolute atomic E-state index is 0.0267. The van der Waals surface area contributed by atoms with Crippen LogP contribution in [0.4, 0.5) is 0 Å². The number of nitrogens with zero attached hydrogens (tertiary/aromatic N) is 2. The van der Waals surface area contributed by atoms with Gasteiger partial charge in [0.2, 0.25) is 0 Å². The smallest absolute Gasteiger partial charge is 0.0738 e. The molecule has 0 saturated carbocycles. The summed E-state index contributed by atoms with van der Waals surface area (Å²) in [6, 6.07) is 51.5. The second-order valence-electron chi connectivity index (χ2n) is 15.5. The molecule has 0 atom stereocenters. The van der Waals surface area contributed by atoms with Crippen molar-refractivity contribution in [3.63, 3.8) is 0 Å². The predicted octanol–water partition coefficient (Wildman–Crippen LogP) is 13.4. The Hall–Kier alpha value is -7.34. The fraction of sp³-hybridized carbons (Fsp3) is 0.0741. The van der Waals surface area contributed by atoms with Gasteiger partial charge in [-0.05, 0) is 108 Å². The Kier molecular flexibility index (Phi) is 9.08. The summed E-state index contributed by atoms with van der Waals surface area (Å²) in [5.41, 5.74) is 22.5. The van der Waals surface area contributed by atoms with Crippen LogP contribution in [-0.2, 0) is 6.61 Å². The first-order valence-electron chi connectivity index (χ1n) is 20.1. The van der Waals surface area contributed by atoms with E-state index in [9.17, 15) is 5.11 Å². The van der Waals surface area contributed by atoms with Gasteiger partial charge in [-0.1, -0.05) is 138 Å². The van der Waals surface area contributed by atoms with Crippen molar-refractivity contribution in [3.8, 4) is 55.6 Å². The number of aliphatic hydroxyl groups is 1. The third-order valence-corrected chi connectivity index (χ3v) is 11.4. The zero-order valence-electron chi connectivity index (χ0n) is 33.2. The monoisotopic (exact) mass is 762 g/mol. The first-order chi connectivity index (χ1) is 28.9. The quantitative estimate of drug-likeness (QED) is 0.158. The summed E-state index contributed by atoms with van der Waals surface area (Å²) in [7, 11) is 0. The van der Waals surface area contributed by atoms with Gasteiger partial charge in [0.1, 0.15) is 0 Å². The first-order valence-corrected chi connectivity index (χ1v) is 20.1. The van der Waals surface area contributed by atoms with Gasteiger partial charge in [-0.15, -0.1) is 0 Å². The molecule has 0 radical (unpaired) electrons. The van der Waals surface area contributed by atoms with Gasteiger partial charge in [-0.25, -0.2) is 9.97 Å². The lowest BCUT2D eigenvalue weighted by Gasteiger charge is -2.08. The molecule has 59 heavy (non-hydrogen) atoms. The van der Waals surface area contributed by atoms with Crippen LogP contribution in [0.15, 0.2) is 146 Å². The van der Waals surface area contributed by atoms with Crippen molar-refractivity contribution in [2.75, 3.05) is 0 Å². The summed E-state index contributed by atoms with van der Waals surface area (Å²) in [6.45, 7) is 6.38. The number of fused-ring (bicyclic) bond motifs is 8. The molecule has 3 aromatic heterocycles. The van der Waals surface area contributed by atoms with Crippen LogP contribution in [0.25, 0.3) is 102 Å². The molecule has 8 aromatic rings. The highest BCUT2D eigenvalue weighted by Gasteiger charge is 2.19. The standard InChI is InChI=1S/C54H42N4O/c1-33-4-12-39(13-5-33)51-43-24-26-45(55-43)52(40-14-6-34(2)7-15-40)47-28-30-49(57-47)54(42-22-20-38(21-23-42)37-18-10-36(32-59)11-19-37)50-31-29-48(58-50)53(46-27-25-44(51)56-46)41-16-8-35(3)9-17-41/h4-31,57-59H,32H2,1-3H3. The molecular weight excluding hydrogens is 721 g/mol. The van der Waals surface area contributed by atoms with Gasteiger partial charge >= 0.3 is 0 Å². The van der Waals surface area contributed by atoms with Crippen LogP contribution < -0.4 is 0 Å². The highest BCUT2D eigenvalue weighted by Crippen LogP contribution is 2.39. The third-order valence-electron chi connectivity index (χ3n) is 11.4. The van der Waals surface area contributed by atoms with E-state index in [-0.39, 0.29) is 6.61 Å². The molecule has 5 heteroatoms. The second-order valence-corrected chi connectivity index (χ2v) is 15.5. The van der Waals surface area contributed by atoms with Crippen LogP contribution in [-0.4, -0.2) is 25.0 Å². The number of H-pyrrole nitrogens is 2. The number of aryl methyl sites for hydroxylation is 3. The molecule has 5 heterocycles. The van der Waals surface area contributed by atoms with E-state index in [4.69, 9.17) is 9.97 Å². The lowest BCUT2D eigenvalue weighted by Crippen LogP contribution is -1.91. The highest BCUT2D eigenvalue weighted by atomic mass is 16.3. The highest BCUT2D eigenvalue weighted by molar-refractivity contribution is 6.00. The summed E-state index contributed by atoms with van der Waals surface area (Å²) in [6.07, 6.45) is 8.54. The molecular formula is C54H42N4O. The van der Waals surface area contributed by atoms with Crippen molar-refractivity contribution in [1.82, 2.24) is 19.9 Å². The lowest BCUT2D eigenvalue weighted by molar-refractivity contribution is 0.282. The molecule has 0 fully saturated rings. The van der Waals surface area contributed by atoms with E-state index in [2.05, 4.69) is 189 Å². The Bertz CT molecular complexity index is 2960. The number of aliphatic hydroxyl groups excluding tert-OH is 1. The molecule has 0 aliphatic carbocycles. The number of aromatic nitrogens is 4. The maximum atomic E-state index is 9.60. The van der Waals surface area contributed by atoms with Crippen molar-refractivity contribution >= 4 is 46.4 Å². The summed E-state index contributed by atoms with van der Waals surface area (Å²) in [4.78, 5) is 18.6. The number of aromatic amines is 2. The molecule has 8 bridgehead atoms. The van der Waals surface area contributed by atoms with Crippen LogP contribution >= 0.6 is 0 Å². The van der Waals surface area contributed by atoms with Crippen molar-refractivity contribution in [2.24, 2.45) is 0 Å². The van der Waals surface area contributed by atoms with Crippen LogP contribution in [0.1, 0.15) is 45.0 Å². The van der Waals surface area contributed by atoms with E-state index in [0.29, 0.717) is 0 Å². The second kappa shape index (κ2) is 14.9. The molecule has 10 rings (SSSR count). The zero-order valence-corrected chi connectivity index (χ0v) is 33.2. The lowest BCUT2D eigenvalue weighted by atomic mass is 9.99. The number of nitrogens with one attached hydrogen (secondary N) is 2. The molecule has 5 aromatic carbocycles. The molecule has 2 aliphatic rings. The molecule has 0 spiro atoms. The molecule has 3 N–H and O–H groups in total. The molecule has 2 aliphatic heterocycles. The van der Waals surface area contributed by atoms with Crippen molar-refractivity contribution in [1.29, 1.82) is 0 Å². The number of hydrogen-bond acceptors (Lipinski definition) is 3. The van der Waals surface area contributed by atoms with E-state index >= 15 is 0 Å². The summed E-state index contributed by atoms with van der Waals surface area (Å²) in [5, 5.41) is 9.60. The van der Waals surface area contributed by atoms with Crippen LogP contribution in [0.3, 0.4) is 0 Å². The minimum Gasteiger partial charge on any atom is -0.392 e. The first kappa shape index (κ1) is 36.0. The largest absolute Gasteiger partial charge is 0.392 e. The van der Waals surface area contributed by atoms with Gasteiger partial charge in [0, 0.05) is 44.3 Å². The summed E-state index contributed by atoms with van der Waals surface area (Å²) in [5.74, 6) is 0. The van der Waals surface area contributed by atoms with Crippen LogP contribution in [0.5, 0.6) is 0 Å². The number of benzene rings is 5. The van der Waals surface area contributed by atoms with E-state index in [1.807, 2.05) is 12.1 Å². The van der Waals surface area contributed by atoms with E-state index in [1.54, 1.807) is 0 Å². The van der Waals surface area contributed by atoms with E-state index < -0.39 is 0 Å². The van der Waals surface area contributed by atoms with Crippen molar-refractivity contribution in [3.05, 3.63) is 191 Å². The number of rotatable bonds is 6. The molecule has 284 valence electrons. The Morgan fingerprint density at radius 1 is 0.339 bits per heavy atom.